The molecule has 0 fully saturated rings. The van der Waals surface area contributed by atoms with Gasteiger partial charge in [-0.25, -0.2) is 0 Å². The summed E-state index contributed by atoms with van der Waals surface area (Å²) >= 11 is 0. The van der Waals surface area contributed by atoms with Crippen LogP contribution in [0, 0.1) is 17.8 Å². The second kappa shape index (κ2) is 13.8. The van der Waals surface area contributed by atoms with E-state index in [1.165, 1.54) is 0 Å². The van der Waals surface area contributed by atoms with Crippen LogP contribution in [0.4, 0.5) is 0 Å². The Kier molecular flexibility index (Phi) is 12.1. The van der Waals surface area contributed by atoms with Gasteiger partial charge in [-0.05, 0) is 31.6 Å². The van der Waals surface area contributed by atoms with Crippen molar-refractivity contribution in [2.24, 2.45) is 17.8 Å². The third kappa shape index (κ3) is 8.37. The van der Waals surface area contributed by atoms with Crippen LogP contribution in [0.5, 0.6) is 0 Å². The van der Waals surface area contributed by atoms with Gasteiger partial charge in [-0.3, -0.25) is 9.59 Å². The Hall–Kier alpha value is -1.32. The minimum Gasteiger partial charge on any atom is -0.465 e. The fourth-order valence-electron chi connectivity index (χ4n) is 3.35. The van der Waals surface area contributed by atoms with Crippen LogP contribution in [-0.2, 0) is 19.1 Å². The van der Waals surface area contributed by atoms with Gasteiger partial charge in [0.15, 0.2) is 0 Å². The average molecular weight is 367 g/mol. The lowest BCUT2D eigenvalue weighted by molar-refractivity contribution is -0.162. The SMILES string of the molecule is CCCCCCOC(=O)C1CC=CCC1C(=O)OCC(CC)CCCC. The Morgan fingerprint density at radius 2 is 1.50 bits per heavy atom. The molecular formula is C22H38O4. The zero-order chi connectivity index (χ0) is 19.2. The predicted molar refractivity (Wildman–Crippen MR) is 105 cm³/mol. The molecule has 0 heterocycles. The van der Waals surface area contributed by atoms with E-state index < -0.39 is 11.8 Å². The van der Waals surface area contributed by atoms with Gasteiger partial charge in [0.2, 0.25) is 0 Å². The first-order valence-corrected chi connectivity index (χ1v) is 10.6. The smallest absolute Gasteiger partial charge is 0.310 e. The summed E-state index contributed by atoms with van der Waals surface area (Å²) in [4.78, 5) is 25.0. The third-order valence-corrected chi connectivity index (χ3v) is 5.28. The van der Waals surface area contributed by atoms with Gasteiger partial charge in [-0.1, -0.05) is 71.4 Å². The van der Waals surface area contributed by atoms with Crippen LogP contribution in [0.15, 0.2) is 12.2 Å². The zero-order valence-electron chi connectivity index (χ0n) is 17.0. The first-order chi connectivity index (χ1) is 12.6. The van der Waals surface area contributed by atoms with Crippen LogP contribution in [0.25, 0.3) is 0 Å². The Balaban J connectivity index is 2.46. The number of unbranched alkanes of at least 4 members (excludes halogenated alkanes) is 4. The monoisotopic (exact) mass is 366 g/mol. The molecule has 4 heteroatoms. The van der Waals surface area contributed by atoms with Gasteiger partial charge in [0, 0.05) is 0 Å². The molecule has 0 N–H and O–H groups in total. The number of carbonyl (C=O) groups excluding carboxylic acids is 2. The minimum absolute atomic E-state index is 0.239. The largest absolute Gasteiger partial charge is 0.465 e. The average Bonchev–Trinajstić information content (AvgIpc) is 2.67. The molecule has 1 rings (SSSR count). The van der Waals surface area contributed by atoms with Crippen LogP contribution in [0.1, 0.15) is 85.0 Å². The zero-order valence-corrected chi connectivity index (χ0v) is 17.0. The van der Waals surface area contributed by atoms with E-state index in [0.717, 1.165) is 51.4 Å². The Labute approximate surface area is 159 Å². The summed E-state index contributed by atoms with van der Waals surface area (Å²) < 4.78 is 11.0. The maximum Gasteiger partial charge on any atom is 0.310 e. The number of hydrogen-bond donors (Lipinski definition) is 0. The molecule has 0 aromatic heterocycles. The second-order valence-electron chi connectivity index (χ2n) is 7.43. The summed E-state index contributed by atoms with van der Waals surface area (Å²) in [6.07, 6.45) is 13.8. The van der Waals surface area contributed by atoms with E-state index in [1.54, 1.807) is 0 Å². The molecule has 1 aliphatic carbocycles. The molecule has 0 spiro atoms. The van der Waals surface area contributed by atoms with Gasteiger partial charge in [0.1, 0.15) is 0 Å². The van der Waals surface area contributed by atoms with Crippen LogP contribution in [-0.4, -0.2) is 25.2 Å². The Morgan fingerprint density at radius 3 is 2.08 bits per heavy atom. The summed E-state index contributed by atoms with van der Waals surface area (Å²) in [5, 5.41) is 0. The molecule has 0 saturated carbocycles. The molecule has 26 heavy (non-hydrogen) atoms. The maximum absolute atomic E-state index is 12.6. The highest BCUT2D eigenvalue weighted by Gasteiger charge is 2.36. The molecule has 3 atom stereocenters. The number of rotatable bonds is 13. The van der Waals surface area contributed by atoms with Crippen molar-refractivity contribution in [1.29, 1.82) is 0 Å². The molecule has 0 saturated heterocycles. The lowest BCUT2D eigenvalue weighted by Crippen LogP contribution is -2.34. The van der Waals surface area contributed by atoms with Crippen molar-refractivity contribution in [2.75, 3.05) is 13.2 Å². The minimum atomic E-state index is -0.396. The molecule has 0 aliphatic heterocycles. The highest BCUT2D eigenvalue weighted by Crippen LogP contribution is 2.28. The fraction of sp³-hybridized carbons (Fsp3) is 0.818. The normalized spacial score (nSPS) is 20.6. The topological polar surface area (TPSA) is 52.6 Å². The number of esters is 2. The van der Waals surface area contributed by atoms with Gasteiger partial charge in [0.05, 0.1) is 25.0 Å². The standard InChI is InChI=1S/C22H38O4/c1-4-7-9-12-16-25-21(23)19-14-10-11-15-20(19)22(24)26-17-18(6-3)13-8-5-2/h10-11,18-20H,4-9,12-17H2,1-3H3. The van der Waals surface area contributed by atoms with Crippen molar-refractivity contribution < 1.29 is 19.1 Å². The molecule has 3 unspecified atom stereocenters. The number of ether oxygens (including phenoxy) is 2. The van der Waals surface area contributed by atoms with E-state index in [9.17, 15) is 9.59 Å². The Morgan fingerprint density at radius 1 is 0.885 bits per heavy atom. The van der Waals surface area contributed by atoms with Gasteiger partial charge < -0.3 is 9.47 Å². The molecule has 0 bridgehead atoms. The quantitative estimate of drug-likeness (QED) is 0.247. The molecule has 0 aromatic carbocycles. The van der Waals surface area contributed by atoms with Crippen molar-refractivity contribution in [3.8, 4) is 0 Å². The summed E-state index contributed by atoms with van der Waals surface area (Å²) in [5.74, 6) is -0.855. The van der Waals surface area contributed by atoms with Crippen molar-refractivity contribution in [3.63, 3.8) is 0 Å². The van der Waals surface area contributed by atoms with E-state index in [4.69, 9.17) is 9.47 Å². The molecular weight excluding hydrogens is 328 g/mol. The van der Waals surface area contributed by atoms with Crippen LogP contribution >= 0.6 is 0 Å². The molecule has 0 amide bonds. The number of hydrogen-bond acceptors (Lipinski definition) is 4. The van der Waals surface area contributed by atoms with Gasteiger partial charge >= 0.3 is 11.9 Å². The van der Waals surface area contributed by atoms with Gasteiger partial charge in [-0.15, -0.1) is 0 Å². The first kappa shape index (κ1) is 22.7. The first-order valence-electron chi connectivity index (χ1n) is 10.6. The van der Waals surface area contributed by atoms with E-state index in [-0.39, 0.29) is 11.9 Å². The number of carbonyl (C=O) groups is 2. The maximum atomic E-state index is 12.6. The summed E-state index contributed by atoms with van der Waals surface area (Å²) in [6, 6.07) is 0. The van der Waals surface area contributed by atoms with Gasteiger partial charge in [0.25, 0.3) is 0 Å². The fourth-order valence-corrected chi connectivity index (χ4v) is 3.35. The predicted octanol–water partition coefficient (Wildman–Crippen LogP) is 5.45. The van der Waals surface area contributed by atoms with Crippen molar-refractivity contribution in [1.82, 2.24) is 0 Å². The van der Waals surface area contributed by atoms with Crippen LogP contribution in [0.2, 0.25) is 0 Å². The van der Waals surface area contributed by atoms with E-state index in [1.807, 2.05) is 12.2 Å². The Bertz CT molecular complexity index is 430. The second-order valence-corrected chi connectivity index (χ2v) is 7.43. The molecule has 0 radical (unpaired) electrons. The van der Waals surface area contributed by atoms with Crippen LogP contribution in [0.3, 0.4) is 0 Å². The van der Waals surface area contributed by atoms with E-state index >= 15 is 0 Å². The highest BCUT2D eigenvalue weighted by atomic mass is 16.5. The third-order valence-electron chi connectivity index (χ3n) is 5.28. The summed E-state index contributed by atoms with van der Waals surface area (Å²) in [5.41, 5.74) is 0. The lowest BCUT2D eigenvalue weighted by atomic mass is 9.83. The van der Waals surface area contributed by atoms with Gasteiger partial charge in [-0.2, -0.15) is 0 Å². The summed E-state index contributed by atoms with van der Waals surface area (Å²) in [7, 11) is 0. The van der Waals surface area contributed by atoms with Crippen molar-refractivity contribution in [2.45, 2.75) is 85.0 Å². The molecule has 150 valence electrons. The van der Waals surface area contributed by atoms with E-state index in [2.05, 4.69) is 20.8 Å². The van der Waals surface area contributed by atoms with Crippen LogP contribution < -0.4 is 0 Å². The van der Waals surface area contributed by atoms with E-state index in [0.29, 0.717) is 32.0 Å². The molecule has 0 aromatic rings. The van der Waals surface area contributed by atoms with Crippen molar-refractivity contribution in [3.05, 3.63) is 12.2 Å². The highest BCUT2D eigenvalue weighted by molar-refractivity contribution is 5.82. The number of allylic oxidation sites excluding steroid dienone is 2. The summed E-state index contributed by atoms with van der Waals surface area (Å²) in [6.45, 7) is 7.38. The molecule has 4 nitrogen and oxygen atoms in total. The lowest BCUT2D eigenvalue weighted by Gasteiger charge is -2.26. The van der Waals surface area contributed by atoms with Crippen molar-refractivity contribution >= 4 is 11.9 Å². The molecule has 1 aliphatic rings.